The molecule has 0 saturated carbocycles. The van der Waals surface area contributed by atoms with E-state index < -0.39 is 0 Å². The molecule has 0 saturated heterocycles. The summed E-state index contributed by atoms with van der Waals surface area (Å²) in [5, 5.41) is 3.65. The lowest BCUT2D eigenvalue weighted by Gasteiger charge is -2.22. The number of carbonyl (C=O) groups is 2. The minimum atomic E-state index is -0.108. The Kier molecular flexibility index (Phi) is 7.18. The van der Waals surface area contributed by atoms with Gasteiger partial charge in [-0.15, -0.1) is 11.3 Å². The van der Waals surface area contributed by atoms with Crippen LogP contribution >= 0.6 is 11.3 Å². The van der Waals surface area contributed by atoms with Crippen molar-refractivity contribution >= 4 is 33.2 Å². The predicted octanol–water partition coefficient (Wildman–Crippen LogP) is 4.45. The summed E-state index contributed by atoms with van der Waals surface area (Å²) in [5.41, 5.74) is 3.65. The molecule has 7 nitrogen and oxygen atoms in total. The Labute approximate surface area is 202 Å². The van der Waals surface area contributed by atoms with Gasteiger partial charge in [-0.2, -0.15) is 0 Å². The summed E-state index contributed by atoms with van der Waals surface area (Å²) in [6.07, 6.45) is 5.40. The topological polar surface area (TPSA) is 84.4 Å². The zero-order chi connectivity index (χ0) is 24.1. The van der Waals surface area contributed by atoms with E-state index in [1.54, 1.807) is 37.6 Å². The van der Waals surface area contributed by atoms with Crippen molar-refractivity contribution < 1.29 is 14.3 Å². The molecule has 3 aromatic heterocycles. The van der Waals surface area contributed by atoms with Crippen molar-refractivity contribution in [2.24, 2.45) is 0 Å². The number of ether oxygens (including phenoxy) is 1. The highest BCUT2D eigenvalue weighted by Gasteiger charge is 2.23. The third-order valence-corrected chi connectivity index (χ3v) is 6.93. The van der Waals surface area contributed by atoms with E-state index in [2.05, 4.69) is 21.4 Å². The lowest BCUT2D eigenvalue weighted by Crippen LogP contribution is -2.34. The number of methoxy groups -OCH3 is 1. The van der Waals surface area contributed by atoms with Crippen molar-refractivity contribution in [2.45, 2.75) is 19.9 Å². The third-order valence-electron chi connectivity index (χ3n) is 5.67. The van der Waals surface area contributed by atoms with Crippen LogP contribution in [-0.2, 0) is 11.3 Å². The number of carbonyl (C=O) groups excluding carboxylic acids is 2. The van der Waals surface area contributed by atoms with E-state index in [4.69, 9.17) is 4.74 Å². The maximum Gasteiger partial charge on any atom is 0.264 e. The number of fused-ring (bicyclic) bond motifs is 1. The van der Waals surface area contributed by atoms with Gasteiger partial charge in [-0.3, -0.25) is 19.6 Å². The zero-order valence-electron chi connectivity index (χ0n) is 19.4. The molecule has 34 heavy (non-hydrogen) atoms. The van der Waals surface area contributed by atoms with Gasteiger partial charge in [0.1, 0.15) is 5.75 Å². The van der Waals surface area contributed by atoms with Crippen molar-refractivity contribution in [1.82, 2.24) is 20.2 Å². The molecule has 1 N–H and O–H groups in total. The number of rotatable bonds is 8. The first-order valence-electron chi connectivity index (χ1n) is 10.9. The first-order chi connectivity index (χ1) is 16.5. The van der Waals surface area contributed by atoms with E-state index >= 15 is 0 Å². The summed E-state index contributed by atoms with van der Waals surface area (Å²) in [7, 11) is 3.21. The first-order valence-corrected chi connectivity index (χ1v) is 11.7. The van der Waals surface area contributed by atoms with Gasteiger partial charge in [0.25, 0.3) is 5.91 Å². The molecule has 4 aromatic rings. The average molecular weight is 475 g/mol. The number of amides is 2. The fraction of sp³-hybridized carbons (Fsp3) is 0.231. The zero-order valence-corrected chi connectivity index (χ0v) is 20.2. The predicted molar refractivity (Wildman–Crippen MR) is 134 cm³/mol. The largest absolute Gasteiger partial charge is 0.495 e. The molecule has 8 heteroatoms. The van der Waals surface area contributed by atoms with Crippen LogP contribution in [-0.4, -0.2) is 47.4 Å². The lowest BCUT2D eigenvalue weighted by atomic mass is 10.0. The van der Waals surface area contributed by atoms with Crippen LogP contribution in [0.1, 0.15) is 27.3 Å². The maximum absolute atomic E-state index is 13.6. The Bertz CT molecular complexity index is 1320. The van der Waals surface area contributed by atoms with Crippen molar-refractivity contribution in [3.8, 4) is 16.9 Å². The second-order valence-electron chi connectivity index (χ2n) is 7.85. The number of nitrogens with one attached hydrogen (secondary N) is 1. The fourth-order valence-corrected chi connectivity index (χ4v) is 4.89. The van der Waals surface area contributed by atoms with Crippen LogP contribution in [0.5, 0.6) is 5.75 Å². The Morgan fingerprint density at radius 3 is 2.71 bits per heavy atom. The molecule has 0 aliphatic rings. The molecule has 0 spiro atoms. The van der Waals surface area contributed by atoms with Crippen LogP contribution in [0.3, 0.4) is 0 Å². The number of thiophene rings is 1. The van der Waals surface area contributed by atoms with Gasteiger partial charge in [-0.05, 0) is 53.8 Å². The minimum Gasteiger partial charge on any atom is -0.495 e. The highest BCUT2D eigenvalue weighted by molar-refractivity contribution is 7.21. The van der Waals surface area contributed by atoms with Gasteiger partial charge < -0.3 is 15.0 Å². The summed E-state index contributed by atoms with van der Waals surface area (Å²) in [5.74, 6) is 0.484. The molecule has 0 bridgehead atoms. The Morgan fingerprint density at radius 2 is 1.97 bits per heavy atom. The highest BCUT2D eigenvalue weighted by Crippen LogP contribution is 2.35. The quantitative estimate of drug-likeness (QED) is 0.408. The molecule has 174 valence electrons. The molecule has 0 fully saturated rings. The van der Waals surface area contributed by atoms with Crippen LogP contribution in [0.15, 0.2) is 61.1 Å². The number of pyridine rings is 2. The molecule has 4 rings (SSSR count). The minimum absolute atomic E-state index is 0.0992. The lowest BCUT2D eigenvalue weighted by molar-refractivity contribution is -0.120. The third kappa shape index (κ3) is 5.07. The molecule has 3 heterocycles. The standard InChI is InChI=1S/C26H26N4O3S/c1-17-22-13-18(19-12-21(33-3)15-28-14-19)7-8-23(22)34-25(17)26(32)30(11-9-24(31)27-2)16-20-6-4-5-10-29-20/h4-8,10,12-15H,9,11,16H2,1-3H3,(H,27,31). The van der Waals surface area contributed by atoms with Gasteiger partial charge in [-0.1, -0.05) is 12.1 Å². The van der Waals surface area contributed by atoms with E-state index in [0.29, 0.717) is 23.7 Å². The van der Waals surface area contributed by atoms with E-state index in [1.807, 2.05) is 43.3 Å². The van der Waals surface area contributed by atoms with Gasteiger partial charge in [-0.25, -0.2) is 0 Å². The number of aryl methyl sites for hydroxylation is 1. The van der Waals surface area contributed by atoms with Crippen molar-refractivity contribution in [2.75, 3.05) is 20.7 Å². The first kappa shape index (κ1) is 23.4. The second-order valence-corrected chi connectivity index (χ2v) is 8.90. The summed E-state index contributed by atoms with van der Waals surface area (Å²) in [4.78, 5) is 36.5. The van der Waals surface area contributed by atoms with Gasteiger partial charge in [0.2, 0.25) is 5.91 Å². The molecule has 0 aliphatic carbocycles. The summed E-state index contributed by atoms with van der Waals surface area (Å²) in [6, 6.07) is 13.7. The molecule has 0 atom stereocenters. The van der Waals surface area contributed by atoms with Gasteiger partial charge in [0, 0.05) is 42.7 Å². The molecular formula is C26H26N4O3S. The Hall–Kier alpha value is -3.78. The molecular weight excluding hydrogens is 448 g/mol. The van der Waals surface area contributed by atoms with E-state index in [-0.39, 0.29) is 18.2 Å². The average Bonchev–Trinajstić information content (AvgIpc) is 3.22. The molecule has 0 unspecified atom stereocenters. The number of aromatic nitrogens is 2. The SMILES string of the molecule is CNC(=O)CCN(Cc1ccccn1)C(=O)c1sc2ccc(-c3cncc(OC)c3)cc2c1C. The van der Waals surface area contributed by atoms with Gasteiger partial charge in [0.05, 0.1) is 30.4 Å². The fourth-order valence-electron chi connectivity index (χ4n) is 3.74. The Balaban J connectivity index is 1.67. The molecule has 0 aliphatic heterocycles. The normalized spacial score (nSPS) is 10.8. The Morgan fingerprint density at radius 1 is 1.12 bits per heavy atom. The van der Waals surface area contributed by atoms with Crippen LogP contribution in [0, 0.1) is 6.92 Å². The number of benzene rings is 1. The van der Waals surface area contributed by atoms with Crippen molar-refractivity contribution in [3.05, 3.63) is 77.2 Å². The smallest absolute Gasteiger partial charge is 0.264 e. The van der Waals surface area contributed by atoms with Gasteiger partial charge >= 0.3 is 0 Å². The van der Waals surface area contributed by atoms with Crippen LogP contribution in [0.25, 0.3) is 21.2 Å². The summed E-state index contributed by atoms with van der Waals surface area (Å²) < 4.78 is 6.33. The monoisotopic (exact) mass is 474 g/mol. The van der Waals surface area contributed by atoms with E-state index in [9.17, 15) is 9.59 Å². The highest BCUT2D eigenvalue weighted by atomic mass is 32.1. The molecule has 2 amide bonds. The number of nitrogens with zero attached hydrogens (tertiary/aromatic N) is 3. The van der Waals surface area contributed by atoms with Crippen LogP contribution < -0.4 is 10.1 Å². The van der Waals surface area contributed by atoms with Gasteiger partial charge in [0.15, 0.2) is 0 Å². The summed E-state index contributed by atoms with van der Waals surface area (Å²) >= 11 is 1.47. The van der Waals surface area contributed by atoms with Crippen molar-refractivity contribution in [3.63, 3.8) is 0 Å². The molecule has 0 radical (unpaired) electrons. The van der Waals surface area contributed by atoms with Crippen LogP contribution in [0.2, 0.25) is 0 Å². The van der Waals surface area contributed by atoms with E-state index in [0.717, 1.165) is 32.5 Å². The summed E-state index contributed by atoms with van der Waals surface area (Å²) in [6.45, 7) is 2.62. The van der Waals surface area contributed by atoms with Crippen molar-refractivity contribution in [1.29, 1.82) is 0 Å². The molecule has 1 aromatic carbocycles. The number of hydrogen-bond donors (Lipinski definition) is 1. The second kappa shape index (κ2) is 10.4. The van der Waals surface area contributed by atoms with Crippen LogP contribution in [0.4, 0.5) is 0 Å². The van der Waals surface area contributed by atoms with E-state index in [1.165, 1.54) is 11.3 Å². The maximum atomic E-state index is 13.6. The number of hydrogen-bond acceptors (Lipinski definition) is 6.